The lowest BCUT2D eigenvalue weighted by atomic mass is 10.1. The van der Waals surface area contributed by atoms with Crippen LogP contribution in [-0.4, -0.2) is 10.3 Å². The van der Waals surface area contributed by atoms with Gasteiger partial charge in [-0.2, -0.15) is 4.37 Å². The van der Waals surface area contributed by atoms with Gasteiger partial charge in [0.15, 0.2) is 0 Å². The van der Waals surface area contributed by atoms with Crippen molar-refractivity contribution in [1.29, 1.82) is 0 Å². The molecule has 1 heterocycles. The van der Waals surface area contributed by atoms with Crippen LogP contribution in [0.4, 0.5) is 14.5 Å². The number of carbonyl (C=O) groups excluding carboxylic acids is 1. The van der Waals surface area contributed by atoms with E-state index >= 15 is 0 Å². The SMILES string of the molecule is Cc1cc(C)c(NC(=O)c2nsc3ccc(F)cc23)cc1F. The van der Waals surface area contributed by atoms with Crippen LogP contribution in [0.15, 0.2) is 30.3 Å². The van der Waals surface area contributed by atoms with Crippen LogP contribution in [0.1, 0.15) is 21.6 Å². The van der Waals surface area contributed by atoms with E-state index in [1.54, 1.807) is 26.0 Å². The number of rotatable bonds is 2. The molecule has 3 aromatic rings. The number of halogens is 2. The van der Waals surface area contributed by atoms with Crippen molar-refractivity contribution >= 4 is 33.2 Å². The average molecular weight is 318 g/mol. The number of benzene rings is 2. The van der Waals surface area contributed by atoms with Crippen LogP contribution in [0.25, 0.3) is 10.1 Å². The van der Waals surface area contributed by atoms with Crippen LogP contribution in [0.5, 0.6) is 0 Å². The largest absolute Gasteiger partial charge is 0.320 e. The second kappa shape index (κ2) is 5.46. The number of amides is 1. The van der Waals surface area contributed by atoms with Crippen molar-refractivity contribution in [1.82, 2.24) is 4.37 Å². The molecule has 1 amide bonds. The monoisotopic (exact) mass is 318 g/mol. The quantitative estimate of drug-likeness (QED) is 0.759. The summed E-state index contributed by atoms with van der Waals surface area (Å²) in [6.45, 7) is 3.44. The molecule has 1 N–H and O–H groups in total. The minimum atomic E-state index is -0.483. The topological polar surface area (TPSA) is 42.0 Å². The van der Waals surface area contributed by atoms with E-state index in [1.807, 2.05) is 0 Å². The van der Waals surface area contributed by atoms with E-state index in [1.165, 1.54) is 18.2 Å². The lowest BCUT2D eigenvalue weighted by Gasteiger charge is -2.09. The molecule has 0 saturated heterocycles. The predicted octanol–water partition coefficient (Wildman–Crippen LogP) is 4.44. The molecule has 0 unspecified atom stereocenters. The first kappa shape index (κ1) is 14.6. The zero-order valence-electron chi connectivity index (χ0n) is 11.9. The molecule has 0 aliphatic carbocycles. The minimum Gasteiger partial charge on any atom is -0.320 e. The summed E-state index contributed by atoms with van der Waals surface area (Å²) in [6.07, 6.45) is 0. The Bertz CT molecular complexity index is 889. The molecule has 0 aliphatic heterocycles. The lowest BCUT2D eigenvalue weighted by Crippen LogP contribution is -2.14. The molecule has 0 radical (unpaired) electrons. The number of anilines is 1. The number of nitrogens with one attached hydrogen (secondary N) is 1. The molecule has 3 nitrogen and oxygen atoms in total. The Morgan fingerprint density at radius 2 is 1.91 bits per heavy atom. The fourth-order valence-electron chi connectivity index (χ4n) is 2.22. The number of aromatic nitrogens is 1. The van der Waals surface area contributed by atoms with Gasteiger partial charge in [-0.25, -0.2) is 8.78 Å². The van der Waals surface area contributed by atoms with Crippen LogP contribution >= 0.6 is 11.5 Å². The van der Waals surface area contributed by atoms with E-state index in [2.05, 4.69) is 9.69 Å². The molecular formula is C16H12F2N2OS. The molecule has 3 rings (SSSR count). The normalized spacial score (nSPS) is 10.9. The summed E-state index contributed by atoms with van der Waals surface area (Å²) in [4.78, 5) is 12.3. The van der Waals surface area contributed by atoms with Crippen molar-refractivity contribution in [3.8, 4) is 0 Å². The third kappa shape index (κ3) is 2.57. The number of nitrogens with zero attached hydrogens (tertiary/aromatic N) is 1. The predicted molar refractivity (Wildman–Crippen MR) is 83.4 cm³/mol. The third-order valence-corrected chi connectivity index (χ3v) is 4.23. The number of fused-ring (bicyclic) bond motifs is 1. The Hall–Kier alpha value is -2.34. The molecule has 0 aliphatic rings. The Morgan fingerprint density at radius 3 is 2.68 bits per heavy atom. The molecule has 1 aromatic heterocycles. The summed E-state index contributed by atoms with van der Waals surface area (Å²) in [7, 11) is 0. The van der Waals surface area contributed by atoms with Crippen molar-refractivity contribution in [2.24, 2.45) is 0 Å². The van der Waals surface area contributed by atoms with Gasteiger partial charge in [0.1, 0.15) is 17.3 Å². The highest BCUT2D eigenvalue weighted by Crippen LogP contribution is 2.25. The van der Waals surface area contributed by atoms with E-state index in [-0.39, 0.29) is 5.69 Å². The molecule has 112 valence electrons. The highest BCUT2D eigenvalue weighted by molar-refractivity contribution is 7.13. The first-order valence-electron chi connectivity index (χ1n) is 6.59. The van der Waals surface area contributed by atoms with Crippen molar-refractivity contribution < 1.29 is 13.6 Å². The van der Waals surface area contributed by atoms with Crippen molar-refractivity contribution in [2.75, 3.05) is 5.32 Å². The van der Waals surface area contributed by atoms with E-state index in [0.717, 1.165) is 21.8 Å². The molecule has 0 fully saturated rings. The Balaban J connectivity index is 1.97. The zero-order valence-corrected chi connectivity index (χ0v) is 12.7. The number of hydrogen-bond acceptors (Lipinski definition) is 3. The van der Waals surface area contributed by atoms with Gasteiger partial charge in [-0.1, -0.05) is 6.07 Å². The molecule has 6 heteroatoms. The van der Waals surface area contributed by atoms with Crippen molar-refractivity contribution in [2.45, 2.75) is 13.8 Å². The Labute approximate surface area is 129 Å². The van der Waals surface area contributed by atoms with E-state index in [9.17, 15) is 13.6 Å². The summed E-state index contributed by atoms with van der Waals surface area (Å²) in [6, 6.07) is 7.11. The van der Waals surface area contributed by atoms with Gasteiger partial charge >= 0.3 is 0 Å². The zero-order chi connectivity index (χ0) is 15.9. The van der Waals surface area contributed by atoms with Gasteiger partial charge in [-0.3, -0.25) is 4.79 Å². The van der Waals surface area contributed by atoms with Gasteiger partial charge in [0.2, 0.25) is 0 Å². The number of carbonyl (C=O) groups is 1. The first-order valence-corrected chi connectivity index (χ1v) is 7.36. The molecule has 0 saturated carbocycles. The molecular weight excluding hydrogens is 306 g/mol. The Kier molecular flexibility index (Phi) is 3.62. The minimum absolute atomic E-state index is 0.139. The second-order valence-corrected chi connectivity index (χ2v) is 5.85. The highest BCUT2D eigenvalue weighted by atomic mass is 32.1. The fraction of sp³-hybridized carbons (Fsp3) is 0.125. The molecule has 22 heavy (non-hydrogen) atoms. The fourth-order valence-corrected chi connectivity index (χ4v) is 2.97. The summed E-state index contributed by atoms with van der Waals surface area (Å²) in [5, 5.41) is 3.09. The van der Waals surface area contributed by atoms with Gasteiger partial charge in [0.25, 0.3) is 5.91 Å². The van der Waals surface area contributed by atoms with E-state index in [4.69, 9.17) is 0 Å². The standard InChI is InChI=1S/C16H12F2N2OS/c1-8-5-9(2)13(7-12(8)18)19-16(21)15-11-6-10(17)3-4-14(11)22-20-15/h3-7H,1-2H3,(H,19,21). The number of hydrogen-bond donors (Lipinski definition) is 1. The summed E-state index contributed by atoms with van der Waals surface area (Å²) < 4.78 is 31.8. The maximum absolute atomic E-state index is 13.6. The van der Waals surface area contributed by atoms with Gasteiger partial charge < -0.3 is 5.32 Å². The third-order valence-electron chi connectivity index (χ3n) is 3.40. The number of aryl methyl sites for hydroxylation is 2. The Morgan fingerprint density at radius 1 is 1.14 bits per heavy atom. The van der Waals surface area contributed by atoms with Crippen LogP contribution in [0.3, 0.4) is 0 Å². The van der Waals surface area contributed by atoms with E-state index in [0.29, 0.717) is 16.6 Å². The van der Waals surface area contributed by atoms with Crippen molar-refractivity contribution in [3.05, 3.63) is 58.8 Å². The van der Waals surface area contributed by atoms with Crippen molar-refractivity contribution in [3.63, 3.8) is 0 Å². The van der Waals surface area contributed by atoms with Gasteiger partial charge in [0, 0.05) is 11.1 Å². The maximum atomic E-state index is 13.6. The summed E-state index contributed by atoms with van der Waals surface area (Å²) in [5.74, 6) is -1.31. The van der Waals surface area contributed by atoms with Gasteiger partial charge in [-0.15, -0.1) is 0 Å². The summed E-state index contributed by atoms with van der Waals surface area (Å²) >= 11 is 1.12. The van der Waals surface area contributed by atoms with Crippen LogP contribution in [0, 0.1) is 25.5 Å². The lowest BCUT2D eigenvalue weighted by molar-refractivity contribution is 0.102. The highest BCUT2D eigenvalue weighted by Gasteiger charge is 2.16. The van der Waals surface area contributed by atoms with Gasteiger partial charge in [0.05, 0.1) is 4.70 Å². The van der Waals surface area contributed by atoms with Gasteiger partial charge in [-0.05, 0) is 60.8 Å². The molecule has 0 atom stereocenters. The summed E-state index contributed by atoms with van der Waals surface area (Å²) in [5.41, 5.74) is 1.78. The molecule has 0 spiro atoms. The molecule has 0 bridgehead atoms. The average Bonchev–Trinajstić information content (AvgIpc) is 2.87. The van der Waals surface area contributed by atoms with Crippen LogP contribution in [0.2, 0.25) is 0 Å². The van der Waals surface area contributed by atoms with E-state index < -0.39 is 17.5 Å². The van der Waals surface area contributed by atoms with Crippen LogP contribution < -0.4 is 5.32 Å². The maximum Gasteiger partial charge on any atom is 0.276 e. The van der Waals surface area contributed by atoms with Crippen LogP contribution in [-0.2, 0) is 0 Å². The molecule has 2 aromatic carbocycles. The smallest absolute Gasteiger partial charge is 0.276 e. The second-order valence-electron chi connectivity index (χ2n) is 5.04. The first-order chi connectivity index (χ1) is 10.5.